The molecule has 3 N–H and O–H groups in total. The Morgan fingerprint density at radius 1 is 1.53 bits per heavy atom. The SMILES string of the molecule is CCc1nn(C)cc1CNS(=O)(=O)CCCN. The Labute approximate surface area is 102 Å². The summed E-state index contributed by atoms with van der Waals surface area (Å²) >= 11 is 0. The second-order valence-electron chi connectivity index (χ2n) is 3.91. The van der Waals surface area contributed by atoms with Crippen molar-refractivity contribution >= 4 is 10.0 Å². The van der Waals surface area contributed by atoms with Gasteiger partial charge in [-0.15, -0.1) is 0 Å². The summed E-state index contributed by atoms with van der Waals surface area (Å²) in [6.45, 7) is 2.67. The largest absolute Gasteiger partial charge is 0.330 e. The van der Waals surface area contributed by atoms with E-state index in [1.165, 1.54) is 0 Å². The molecule has 1 aromatic heterocycles. The van der Waals surface area contributed by atoms with E-state index in [1.54, 1.807) is 4.68 Å². The molecule has 98 valence electrons. The van der Waals surface area contributed by atoms with Gasteiger partial charge < -0.3 is 5.73 Å². The summed E-state index contributed by atoms with van der Waals surface area (Å²) in [7, 11) is -1.40. The number of nitrogens with zero attached hydrogens (tertiary/aromatic N) is 2. The number of sulfonamides is 1. The first-order valence-corrected chi connectivity index (χ1v) is 7.32. The summed E-state index contributed by atoms with van der Waals surface area (Å²) in [5, 5.41) is 4.25. The number of rotatable bonds is 7. The van der Waals surface area contributed by atoms with Crippen molar-refractivity contribution in [2.24, 2.45) is 12.8 Å². The number of aryl methyl sites for hydroxylation is 2. The molecule has 0 saturated carbocycles. The third kappa shape index (κ3) is 4.45. The molecule has 7 heteroatoms. The predicted octanol–water partition coefficient (Wildman–Crippen LogP) is -0.249. The zero-order chi connectivity index (χ0) is 12.9. The van der Waals surface area contributed by atoms with Crippen LogP contribution in [-0.4, -0.2) is 30.5 Å². The molecule has 1 aromatic rings. The lowest BCUT2D eigenvalue weighted by molar-refractivity contribution is 0.578. The van der Waals surface area contributed by atoms with Crippen LogP contribution in [0, 0.1) is 0 Å². The van der Waals surface area contributed by atoms with Gasteiger partial charge in [-0.3, -0.25) is 4.68 Å². The topological polar surface area (TPSA) is 90.0 Å². The minimum atomic E-state index is -3.22. The van der Waals surface area contributed by atoms with Crippen LogP contribution in [0.2, 0.25) is 0 Å². The first-order valence-electron chi connectivity index (χ1n) is 5.67. The lowest BCUT2D eigenvalue weighted by Gasteiger charge is -2.05. The van der Waals surface area contributed by atoms with Gasteiger partial charge in [-0.05, 0) is 19.4 Å². The highest BCUT2D eigenvalue weighted by Crippen LogP contribution is 2.07. The summed E-state index contributed by atoms with van der Waals surface area (Å²) in [4.78, 5) is 0. The molecule has 0 radical (unpaired) electrons. The average Bonchev–Trinajstić information content (AvgIpc) is 2.65. The van der Waals surface area contributed by atoms with E-state index in [0.29, 0.717) is 19.5 Å². The molecule has 0 fully saturated rings. The predicted molar refractivity (Wildman–Crippen MR) is 66.9 cm³/mol. The van der Waals surface area contributed by atoms with Gasteiger partial charge in [-0.25, -0.2) is 13.1 Å². The van der Waals surface area contributed by atoms with Gasteiger partial charge in [0.25, 0.3) is 0 Å². The van der Waals surface area contributed by atoms with E-state index in [9.17, 15) is 8.42 Å². The second kappa shape index (κ2) is 6.13. The van der Waals surface area contributed by atoms with Crippen LogP contribution in [0.1, 0.15) is 24.6 Å². The molecule has 0 atom stereocenters. The highest BCUT2D eigenvalue weighted by atomic mass is 32.2. The molecule has 6 nitrogen and oxygen atoms in total. The van der Waals surface area contributed by atoms with Gasteiger partial charge in [0.15, 0.2) is 0 Å². The first kappa shape index (κ1) is 14.1. The number of hydrogen-bond donors (Lipinski definition) is 2. The van der Waals surface area contributed by atoms with Gasteiger partial charge >= 0.3 is 0 Å². The number of aromatic nitrogens is 2. The summed E-state index contributed by atoms with van der Waals surface area (Å²) in [5.41, 5.74) is 7.13. The second-order valence-corrected chi connectivity index (χ2v) is 5.84. The Bertz CT molecular complexity index is 453. The zero-order valence-electron chi connectivity index (χ0n) is 10.3. The molecular weight excluding hydrogens is 240 g/mol. The molecule has 1 heterocycles. The maximum absolute atomic E-state index is 11.6. The average molecular weight is 260 g/mol. The maximum Gasteiger partial charge on any atom is 0.211 e. The van der Waals surface area contributed by atoms with E-state index in [-0.39, 0.29) is 5.75 Å². The molecule has 0 aliphatic rings. The van der Waals surface area contributed by atoms with Crippen LogP contribution in [0.3, 0.4) is 0 Å². The van der Waals surface area contributed by atoms with E-state index in [0.717, 1.165) is 17.7 Å². The van der Waals surface area contributed by atoms with Gasteiger partial charge in [0.1, 0.15) is 0 Å². The summed E-state index contributed by atoms with van der Waals surface area (Å²) in [6.07, 6.45) is 3.11. The standard InChI is InChI=1S/C10H20N4O2S/c1-3-10-9(8-14(2)13-10)7-12-17(15,16)6-4-5-11/h8,12H,3-7,11H2,1-2H3. The Morgan fingerprint density at radius 3 is 2.82 bits per heavy atom. The summed E-state index contributed by atoms with van der Waals surface area (Å²) in [5.74, 6) is 0.0746. The first-order chi connectivity index (χ1) is 7.98. The van der Waals surface area contributed by atoms with Gasteiger partial charge in [-0.1, -0.05) is 6.92 Å². The summed E-state index contributed by atoms with van der Waals surface area (Å²) in [6, 6.07) is 0. The smallest absolute Gasteiger partial charge is 0.211 e. The lowest BCUT2D eigenvalue weighted by atomic mass is 10.2. The van der Waals surface area contributed by atoms with Gasteiger partial charge in [-0.2, -0.15) is 5.10 Å². The van der Waals surface area contributed by atoms with Gasteiger partial charge in [0.05, 0.1) is 11.4 Å². The van der Waals surface area contributed by atoms with Crippen molar-refractivity contribution in [2.75, 3.05) is 12.3 Å². The van der Waals surface area contributed by atoms with Crippen LogP contribution in [0.25, 0.3) is 0 Å². The minimum absolute atomic E-state index is 0.0746. The normalized spacial score (nSPS) is 11.9. The number of hydrogen-bond acceptors (Lipinski definition) is 4. The van der Waals surface area contributed by atoms with Crippen molar-refractivity contribution < 1.29 is 8.42 Å². The van der Waals surface area contributed by atoms with Crippen LogP contribution in [0.4, 0.5) is 0 Å². The van der Waals surface area contributed by atoms with E-state index >= 15 is 0 Å². The lowest BCUT2D eigenvalue weighted by Crippen LogP contribution is -2.27. The fraction of sp³-hybridized carbons (Fsp3) is 0.700. The highest BCUT2D eigenvalue weighted by Gasteiger charge is 2.12. The molecule has 0 unspecified atom stereocenters. The molecule has 0 bridgehead atoms. The van der Waals surface area contributed by atoms with Crippen LogP contribution >= 0.6 is 0 Å². The van der Waals surface area contributed by atoms with Gasteiger partial charge in [0, 0.05) is 25.4 Å². The Kier molecular flexibility index (Phi) is 5.10. The molecule has 0 aliphatic heterocycles. The monoisotopic (exact) mass is 260 g/mol. The Balaban J connectivity index is 2.60. The third-order valence-electron chi connectivity index (χ3n) is 2.43. The molecule has 0 aromatic carbocycles. The molecule has 1 rings (SSSR count). The van der Waals surface area contributed by atoms with Gasteiger partial charge in [0.2, 0.25) is 10.0 Å². The van der Waals surface area contributed by atoms with Crippen LogP contribution < -0.4 is 10.5 Å². The van der Waals surface area contributed by atoms with E-state index in [1.807, 2.05) is 20.2 Å². The Hall–Kier alpha value is -0.920. The minimum Gasteiger partial charge on any atom is -0.330 e. The molecular formula is C10H20N4O2S. The van der Waals surface area contributed by atoms with Crippen LogP contribution in [0.15, 0.2) is 6.20 Å². The number of nitrogens with two attached hydrogens (primary N) is 1. The van der Waals surface area contributed by atoms with Crippen molar-refractivity contribution in [3.8, 4) is 0 Å². The quantitative estimate of drug-likeness (QED) is 0.707. The van der Waals surface area contributed by atoms with Crippen molar-refractivity contribution in [3.05, 3.63) is 17.5 Å². The third-order valence-corrected chi connectivity index (χ3v) is 3.84. The Morgan fingerprint density at radius 2 is 2.24 bits per heavy atom. The van der Waals surface area contributed by atoms with Crippen molar-refractivity contribution in [3.63, 3.8) is 0 Å². The highest BCUT2D eigenvalue weighted by molar-refractivity contribution is 7.89. The van der Waals surface area contributed by atoms with Crippen molar-refractivity contribution in [1.29, 1.82) is 0 Å². The van der Waals surface area contributed by atoms with E-state index < -0.39 is 10.0 Å². The van der Waals surface area contributed by atoms with Crippen molar-refractivity contribution in [1.82, 2.24) is 14.5 Å². The van der Waals surface area contributed by atoms with Crippen LogP contribution in [0.5, 0.6) is 0 Å². The van der Waals surface area contributed by atoms with Crippen LogP contribution in [-0.2, 0) is 30.0 Å². The molecule has 0 aliphatic carbocycles. The van der Waals surface area contributed by atoms with E-state index in [2.05, 4.69) is 9.82 Å². The number of nitrogens with one attached hydrogen (secondary N) is 1. The zero-order valence-corrected chi connectivity index (χ0v) is 11.1. The fourth-order valence-corrected chi connectivity index (χ4v) is 2.63. The maximum atomic E-state index is 11.6. The molecule has 0 amide bonds. The molecule has 0 saturated heterocycles. The summed E-state index contributed by atoms with van der Waals surface area (Å²) < 4.78 is 27.4. The van der Waals surface area contributed by atoms with Crippen molar-refractivity contribution in [2.45, 2.75) is 26.3 Å². The van der Waals surface area contributed by atoms with E-state index in [4.69, 9.17) is 5.73 Å². The fourth-order valence-electron chi connectivity index (χ4n) is 1.56. The molecule has 17 heavy (non-hydrogen) atoms. The molecule has 0 spiro atoms.